The van der Waals surface area contributed by atoms with Crippen LogP contribution in [0.15, 0.2) is 0 Å². The lowest BCUT2D eigenvalue weighted by Crippen LogP contribution is -2.44. The Hall–Kier alpha value is 0.274. The van der Waals surface area contributed by atoms with Crippen LogP contribution in [0.5, 0.6) is 0 Å². The third-order valence-electron chi connectivity index (χ3n) is 3.42. The monoisotopic (exact) mass is 317 g/mol. The molecule has 0 fully saturated rings. The van der Waals surface area contributed by atoms with Crippen molar-refractivity contribution in [2.75, 3.05) is 42.4 Å². The summed E-state index contributed by atoms with van der Waals surface area (Å²) in [6.07, 6.45) is 5.18. The second-order valence-electron chi connectivity index (χ2n) is 5.73. The number of unbranched alkanes of at least 4 members (excludes halogenated alkanes) is 2. The maximum absolute atomic E-state index is 5.39. The summed E-state index contributed by atoms with van der Waals surface area (Å²) in [7, 11) is 12.1. The fourth-order valence-corrected chi connectivity index (χ4v) is 5.27. The molecule has 0 aromatic carbocycles. The molecule has 6 heteroatoms. The zero-order chi connectivity index (χ0) is 15.5. The summed E-state index contributed by atoms with van der Waals surface area (Å²) in [4.78, 5) is 4.62. The highest BCUT2D eigenvalue weighted by atomic mass is 28.3. The first-order valence-corrected chi connectivity index (χ1v) is 10.1. The Morgan fingerprint density at radius 2 is 1.50 bits per heavy atom. The molecule has 0 aromatic heterocycles. The molecule has 3 radical (unpaired) electrons. The summed E-state index contributed by atoms with van der Waals surface area (Å²) >= 11 is 0. The van der Waals surface area contributed by atoms with Crippen LogP contribution in [0.25, 0.3) is 0 Å². The van der Waals surface area contributed by atoms with Gasteiger partial charge in [0.1, 0.15) is 0 Å². The van der Waals surface area contributed by atoms with E-state index < -0.39 is 9.28 Å². The van der Waals surface area contributed by atoms with E-state index in [0.29, 0.717) is 11.3 Å². The van der Waals surface area contributed by atoms with Crippen LogP contribution in [0, 0.1) is 0 Å². The lowest BCUT2D eigenvalue weighted by atomic mass is 10.2. The summed E-state index contributed by atoms with van der Waals surface area (Å²) < 4.78 is 10.8. The first kappa shape index (κ1) is 20.3. The molecule has 1 unspecified atom stereocenters. The molecule has 0 amide bonds. The van der Waals surface area contributed by atoms with Gasteiger partial charge in [0.25, 0.3) is 0 Å². The van der Waals surface area contributed by atoms with Crippen molar-refractivity contribution in [3.8, 4) is 0 Å². The predicted octanol–water partition coefficient (Wildman–Crippen LogP) is 2.25. The van der Waals surface area contributed by atoms with Gasteiger partial charge in [0, 0.05) is 25.5 Å². The maximum atomic E-state index is 5.39. The predicted molar refractivity (Wildman–Crippen MR) is 89.4 cm³/mol. The normalized spacial score (nSPS) is 13.9. The minimum atomic E-state index is -1.04. The van der Waals surface area contributed by atoms with Gasteiger partial charge in [-0.2, -0.15) is 0 Å². The van der Waals surface area contributed by atoms with Crippen LogP contribution in [-0.4, -0.2) is 76.8 Å². The van der Waals surface area contributed by atoms with E-state index in [1.807, 2.05) is 0 Å². The van der Waals surface area contributed by atoms with Crippen LogP contribution in [-0.2, 0) is 8.85 Å². The van der Waals surface area contributed by atoms with Crippen molar-refractivity contribution in [2.45, 2.75) is 50.0 Å². The van der Waals surface area contributed by atoms with E-state index in [0.717, 1.165) is 9.52 Å². The molecule has 0 aliphatic carbocycles. The van der Waals surface area contributed by atoms with Crippen molar-refractivity contribution in [1.82, 2.24) is 9.80 Å². The van der Waals surface area contributed by atoms with Gasteiger partial charge in [0.05, 0.1) is 9.52 Å². The first-order chi connectivity index (χ1) is 9.43. The summed E-state index contributed by atoms with van der Waals surface area (Å²) in [5.41, 5.74) is 0.578. The van der Waals surface area contributed by atoms with Gasteiger partial charge >= 0.3 is 9.28 Å². The van der Waals surface area contributed by atoms with Crippen molar-refractivity contribution in [3.63, 3.8) is 0 Å². The summed E-state index contributed by atoms with van der Waals surface area (Å²) in [6.45, 7) is 2.25. The second-order valence-corrected chi connectivity index (χ2v) is 9.60. The maximum Gasteiger partial charge on any atom is 0.387 e. The average molecular weight is 318 g/mol. The van der Waals surface area contributed by atoms with Crippen molar-refractivity contribution in [3.05, 3.63) is 0 Å². The van der Waals surface area contributed by atoms with Gasteiger partial charge in [-0.3, -0.25) is 9.80 Å². The number of rotatable bonds is 12. The molecule has 0 bridgehead atoms. The van der Waals surface area contributed by atoms with Gasteiger partial charge in [0.2, 0.25) is 0 Å². The summed E-state index contributed by atoms with van der Waals surface area (Å²) in [5.74, 6) is 0.589. The van der Waals surface area contributed by atoms with Crippen molar-refractivity contribution in [1.29, 1.82) is 0 Å². The second kappa shape index (κ2) is 11.9. The zero-order valence-electron chi connectivity index (χ0n) is 14.4. The van der Waals surface area contributed by atoms with Gasteiger partial charge < -0.3 is 8.85 Å². The minimum absolute atomic E-state index is 0.578. The highest BCUT2D eigenvalue weighted by molar-refractivity contribution is 6.46. The molecule has 0 spiro atoms. The summed E-state index contributed by atoms with van der Waals surface area (Å²) in [6, 6.07) is 1.34. The van der Waals surface area contributed by atoms with Crippen LogP contribution >= 0.6 is 0 Å². The van der Waals surface area contributed by atoms with Crippen LogP contribution in [0.3, 0.4) is 0 Å². The third kappa shape index (κ3) is 8.54. The number of hydrogen-bond acceptors (Lipinski definition) is 4. The van der Waals surface area contributed by atoms with Crippen molar-refractivity contribution >= 4 is 18.8 Å². The third-order valence-corrected chi connectivity index (χ3v) is 7.36. The highest BCUT2D eigenvalue weighted by Crippen LogP contribution is 2.19. The van der Waals surface area contributed by atoms with Gasteiger partial charge in [-0.25, -0.2) is 0 Å². The lowest BCUT2D eigenvalue weighted by Gasteiger charge is -2.30. The quantitative estimate of drug-likeness (QED) is 0.313. The molecule has 0 aliphatic heterocycles. The molecule has 0 aliphatic rings. The molecule has 0 rings (SSSR count). The Balaban J connectivity index is 3.67. The van der Waals surface area contributed by atoms with E-state index in [1.165, 1.54) is 31.7 Å². The molecular weight excluding hydrogens is 284 g/mol. The van der Waals surface area contributed by atoms with Gasteiger partial charge in [0.15, 0.2) is 0 Å². The molecule has 0 saturated carbocycles. The largest absolute Gasteiger partial charge is 0.397 e. The highest BCUT2D eigenvalue weighted by Gasteiger charge is 2.21. The Morgan fingerprint density at radius 1 is 0.950 bits per heavy atom. The fraction of sp³-hybridized carbons (Fsp3) is 1.00. The number of hydrogen-bond donors (Lipinski definition) is 0. The minimum Gasteiger partial charge on any atom is -0.397 e. The van der Waals surface area contributed by atoms with Crippen molar-refractivity contribution in [2.24, 2.45) is 0 Å². The molecule has 1 atom stereocenters. The van der Waals surface area contributed by atoms with Crippen LogP contribution in [0.2, 0.25) is 11.6 Å². The average Bonchev–Trinajstić information content (AvgIpc) is 2.38. The van der Waals surface area contributed by atoms with Gasteiger partial charge in [-0.15, -0.1) is 0 Å². The van der Waals surface area contributed by atoms with Crippen LogP contribution in [0.4, 0.5) is 0 Å². The SMILES string of the molecule is CO[Si](OC)C(C)CCCCC[Si]C(N(C)C)N(C)C. The van der Waals surface area contributed by atoms with E-state index >= 15 is 0 Å². The molecule has 0 aromatic rings. The first-order valence-electron chi connectivity index (χ1n) is 7.45. The fourth-order valence-electron chi connectivity index (χ4n) is 2.41. The topological polar surface area (TPSA) is 24.9 Å². The Kier molecular flexibility index (Phi) is 12.0. The molecule has 20 heavy (non-hydrogen) atoms. The van der Waals surface area contributed by atoms with Crippen molar-refractivity contribution < 1.29 is 8.85 Å². The van der Waals surface area contributed by atoms with E-state index in [9.17, 15) is 0 Å². The lowest BCUT2D eigenvalue weighted by molar-refractivity contribution is 0.200. The van der Waals surface area contributed by atoms with E-state index in [1.54, 1.807) is 14.2 Å². The molecular formula is C14H33N2O2Si2. The van der Waals surface area contributed by atoms with Crippen LogP contribution in [0.1, 0.15) is 32.6 Å². The Morgan fingerprint density at radius 3 is 1.95 bits per heavy atom. The number of nitrogens with zero attached hydrogens (tertiary/aromatic N) is 2. The molecule has 119 valence electrons. The molecule has 0 heterocycles. The standard InChI is InChI=1S/C14H33N2O2Si2/c1-13(20(17-6)18-7)11-9-8-10-12-19-14(15(2)3)16(4)5/h13-14H,8-12H2,1-7H3. The van der Waals surface area contributed by atoms with Crippen LogP contribution < -0.4 is 0 Å². The van der Waals surface area contributed by atoms with Gasteiger partial charge in [-0.05, 0) is 34.6 Å². The molecule has 0 saturated heterocycles. The Labute approximate surface area is 130 Å². The molecule has 0 N–H and O–H groups in total. The van der Waals surface area contributed by atoms with E-state index in [4.69, 9.17) is 8.85 Å². The summed E-state index contributed by atoms with van der Waals surface area (Å²) in [5, 5.41) is 0. The van der Waals surface area contributed by atoms with Gasteiger partial charge in [-0.1, -0.05) is 32.2 Å². The molecule has 4 nitrogen and oxygen atoms in total. The smallest absolute Gasteiger partial charge is 0.387 e. The Bertz CT molecular complexity index is 219. The zero-order valence-corrected chi connectivity index (χ0v) is 16.4. The van der Waals surface area contributed by atoms with E-state index in [-0.39, 0.29) is 0 Å². The van der Waals surface area contributed by atoms with E-state index in [2.05, 4.69) is 44.9 Å².